The Morgan fingerprint density at radius 1 is 0.756 bits per heavy atom. The van der Waals surface area contributed by atoms with Crippen LogP contribution in [0, 0.1) is 17.8 Å². The predicted molar refractivity (Wildman–Crippen MR) is 142 cm³/mol. The summed E-state index contributed by atoms with van der Waals surface area (Å²) in [4.78, 5) is 0. The van der Waals surface area contributed by atoms with Gasteiger partial charge in [-0.1, -0.05) is 0 Å². The van der Waals surface area contributed by atoms with Crippen molar-refractivity contribution in [3.8, 4) is 28.7 Å². The van der Waals surface area contributed by atoms with Gasteiger partial charge in [-0.15, -0.1) is 0 Å². The van der Waals surface area contributed by atoms with Crippen LogP contribution >= 0.6 is 0 Å². The number of aromatic hydroxyl groups is 1. The van der Waals surface area contributed by atoms with E-state index in [-0.39, 0.29) is 60.1 Å². The first kappa shape index (κ1) is 29.6. The van der Waals surface area contributed by atoms with Gasteiger partial charge in [-0.05, 0) is 41.8 Å². The van der Waals surface area contributed by atoms with E-state index >= 15 is 0 Å². The minimum Gasteiger partial charge on any atom is -0.502 e. The fourth-order valence-electron chi connectivity index (χ4n) is 6.29. The molecule has 3 fully saturated rings. The van der Waals surface area contributed by atoms with Gasteiger partial charge in [-0.3, -0.25) is 0 Å². The molecule has 3 aliphatic rings. The van der Waals surface area contributed by atoms with E-state index in [1.807, 2.05) is 0 Å². The molecule has 0 aromatic heterocycles. The van der Waals surface area contributed by atoms with Gasteiger partial charge in [0.15, 0.2) is 23.0 Å². The Kier molecular flexibility index (Phi) is 8.81. The summed E-state index contributed by atoms with van der Waals surface area (Å²) in [7, 11) is 4.39. The number of hydrogen-bond donors (Lipinski definition) is 6. The predicted octanol–water partition coefficient (Wildman–Crippen LogP) is 0.828. The summed E-state index contributed by atoms with van der Waals surface area (Å²) in [6.07, 6.45) is -5.74. The van der Waals surface area contributed by atoms with E-state index in [0.29, 0.717) is 24.5 Å². The largest absolute Gasteiger partial charge is 0.502 e. The number of aliphatic hydroxyl groups excluding tert-OH is 5. The normalized spacial score (nSPS) is 32.9. The van der Waals surface area contributed by atoms with Gasteiger partial charge in [0.05, 0.1) is 59.5 Å². The smallest absolute Gasteiger partial charge is 0.200 e. The molecule has 12 heteroatoms. The van der Waals surface area contributed by atoms with E-state index < -0.39 is 36.9 Å². The topological polar surface area (TPSA) is 177 Å². The van der Waals surface area contributed by atoms with Crippen molar-refractivity contribution in [3.63, 3.8) is 0 Å². The highest BCUT2D eigenvalue weighted by Crippen LogP contribution is 2.53. The monoisotopic (exact) mass is 578 g/mol. The number of methoxy groups -OCH3 is 3. The lowest BCUT2D eigenvalue weighted by molar-refractivity contribution is -0.157. The van der Waals surface area contributed by atoms with Gasteiger partial charge in [0.1, 0.15) is 18.3 Å². The molecular weight excluding hydrogens is 540 g/mol. The molecule has 2 aromatic carbocycles. The second-order valence-electron chi connectivity index (χ2n) is 10.8. The van der Waals surface area contributed by atoms with Crippen molar-refractivity contribution in [2.75, 3.05) is 41.2 Å². The molecule has 7 unspecified atom stereocenters. The molecule has 9 atom stereocenters. The highest BCUT2D eigenvalue weighted by molar-refractivity contribution is 5.54. The second kappa shape index (κ2) is 12.2. The molecule has 0 bridgehead atoms. The average Bonchev–Trinajstić information content (AvgIpc) is 3.60. The lowest BCUT2D eigenvalue weighted by Gasteiger charge is -2.40. The van der Waals surface area contributed by atoms with Crippen LogP contribution in [0.5, 0.6) is 28.7 Å². The zero-order chi connectivity index (χ0) is 29.4. The standard InChI is InChI=1S/C29H38O12/c1-36-19-5-14(6-20(37-2)24(19)33)28-18-12-39-27(17(18)11-40-28)13-4-16(10-31)29(22(7-13)38-3)41-21-8-15(9-30)23(32)26(35)25(21)34/h4-7,15,17-18,21,23,25-28,30-35H,8-12H2,1-3H3/t15?,17-,18-,21?,23?,25?,26?,27?,28?/m0/s1. The van der Waals surface area contributed by atoms with Crippen LogP contribution in [0.1, 0.15) is 35.3 Å². The highest BCUT2D eigenvalue weighted by Gasteiger charge is 2.49. The van der Waals surface area contributed by atoms with Crippen molar-refractivity contribution < 1.29 is 59.1 Å². The fourth-order valence-corrected chi connectivity index (χ4v) is 6.29. The Bertz CT molecular complexity index is 1170. The molecule has 0 spiro atoms. The lowest BCUT2D eigenvalue weighted by Crippen LogP contribution is -2.56. The summed E-state index contributed by atoms with van der Waals surface area (Å²) >= 11 is 0. The summed E-state index contributed by atoms with van der Waals surface area (Å²) in [6.45, 7) is 0.0429. The third-order valence-corrected chi connectivity index (χ3v) is 8.57. The number of ether oxygens (including phenoxy) is 6. The van der Waals surface area contributed by atoms with Crippen LogP contribution in [0.3, 0.4) is 0 Å². The van der Waals surface area contributed by atoms with Crippen molar-refractivity contribution >= 4 is 0 Å². The summed E-state index contributed by atoms with van der Waals surface area (Å²) in [5.41, 5.74) is 1.94. The molecule has 12 nitrogen and oxygen atoms in total. The molecule has 2 aromatic rings. The molecule has 6 N–H and O–H groups in total. The van der Waals surface area contributed by atoms with Gasteiger partial charge in [0, 0.05) is 29.9 Å². The Hall–Kier alpha value is -2.84. The minimum absolute atomic E-state index is 0.000769. The lowest BCUT2D eigenvalue weighted by atomic mass is 9.81. The van der Waals surface area contributed by atoms with Crippen LogP contribution in [0.2, 0.25) is 0 Å². The van der Waals surface area contributed by atoms with E-state index in [9.17, 15) is 30.6 Å². The number of phenolic OH excluding ortho intramolecular Hbond substituents is 1. The molecule has 5 rings (SSSR count). The second-order valence-corrected chi connectivity index (χ2v) is 10.8. The molecule has 2 saturated heterocycles. The van der Waals surface area contributed by atoms with E-state index in [1.165, 1.54) is 21.3 Å². The highest BCUT2D eigenvalue weighted by atomic mass is 16.5. The number of hydrogen-bond acceptors (Lipinski definition) is 12. The van der Waals surface area contributed by atoms with Gasteiger partial charge in [-0.25, -0.2) is 0 Å². The third-order valence-electron chi connectivity index (χ3n) is 8.57. The zero-order valence-corrected chi connectivity index (χ0v) is 23.2. The maximum Gasteiger partial charge on any atom is 0.200 e. The van der Waals surface area contributed by atoms with E-state index in [0.717, 1.165) is 11.1 Å². The molecule has 1 saturated carbocycles. The SMILES string of the molecule is COc1cc(C2OC[C@@H]3C(c4cc(CO)c(OC5CC(CO)C(O)C(O)C5O)c(OC)c4)OC[C@H]23)cc(OC)c1O. The van der Waals surface area contributed by atoms with Gasteiger partial charge >= 0.3 is 0 Å². The molecule has 2 heterocycles. The first-order chi connectivity index (χ1) is 19.8. The van der Waals surface area contributed by atoms with Gasteiger partial charge in [0.25, 0.3) is 0 Å². The minimum atomic E-state index is -1.50. The molecule has 0 radical (unpaired) electrons. The summed E-state index contributed by atoms with van der Waals surface area (Å²) in [5.74, 6) is 0.273. The first-order valence-corrected chi connectivity index (χ1v) is 13.6. The van der Waals surface area contributed by atoms with Crippen molar-refractivity contribution in [2.24, 2.45) is 17.8 Å². The fraction of sp³-hybridized carbons (Fsp3) is 0.586. The van der Waals surface area contributed by atoms with Crippen molar-refractivity contribution in [3.05, 3.63) is 41.0 Å². The van der Waals surface area contributed by atoms with Crippen LogP contribution in [0.4, 0.5) is 0 Å². The van der Waals surface area contributed by atoms with Crippen LogP contribution in [0.15, 0.2) is 24.3 Å². The average molecular weight is 579 g/mol. The van der Waals surface area contributed by atoms with Crippen molar-refractivity contribution in [2.45, 2.75) is 49.7 Å². The van der Waals surface area contributed by atoms with Gasteiger partial charge in [0.2, 0.25) is 5.75 Å². The van der Waals surface area contributed by atoms with Crippen LogP contribution in [-0.4, -0.2) is 96.2 Å². The van der Waals surface area contributed by atoms with Gasteiger partial charge in [-0.2, -0.15) is 0 Å². The van der Waals surface area contributed by atoms with Gasteiger partial charge < -0.3 is 59.1 Å². The molecular formula is C29H38O12. The number of benzene rings is 2. The third kappa shape index (κ3) is 5.29. The molecule has 226 valence electrons. The Balaban J connectivity index is 1.40. The molecule has 41 heavy (non-hydrogen) atoms. The van der Waals surface area contributed by atoms with Crippen LogP contribution in [-0.2, 0) is 16.1 Å². The van der Waals surface area contributed by atoms with Crippen molar-refractivity contribution in [1.82, 2.24) is 0 Å². The maximum absolute atomic E-state index is 10.6. The quantitative estimate of drug-likeness (QED) is 0.247. The number of aliphatic hydroxyl groups is 5. The van der Waals surface area contributed by atoms with Crippen LogP contribution < -0.4 is 18.9 Å². The molecule has 1 aliphatic carbocycles. The van der Waals surface area contributed by atoms with E-state index in [2.05, 4.69) is 0 Å². The number of rotatable bonds is 9. The first-order valence-electron chi connectivity index (χ1n) is 13.6. The Labute approximate surface area is 237 Å². The van der Waals surface area contributed by atoms with Crippen LogP contribution in [0.25, 0.3) is 0 Å². The maximum atomic E-state index is 10.6. The number of fused-ring (bicyclic) bond motifs is 1. The Morgan fingerprint density at radius 2 is 1.29 bits per heavy atom. The Morgan fingerprint density at radius 3 is 1.80 bits per heavy atom. The number of phenols is 1. The zero-order valence-electron chi connectivity index (χ0n) is 23.2. The summed E-state index contributed by atoms with van der Waals surface area (Å²) < 4.78 is 34.8. The van der Waals surface area contributed by atoms with E-state index in [1.54, 1.807) is 24.3 Å². The van der Waals surface area contributed by atoms with Crippen molar-refractivity contribution in [1.29, 1.82) is 0 Å². The molecule has 2 aliphatic heterocycles. The molecule has 0 amide bonds. The summed E-state index contributed by atoms with van der Waals surface area (Å²) in [5, 5.41) is 61.2. The summed E-state index contributed by atoms with van der Waals surface area (Å²) in [6, 6.07) is 6.97. The van der Waals surface area contributed by atoms with E-state index in [4.69, 9.17) is 28.4 Å².